The lowest BCUT2D eigenvalue weighted by Crippen LogP contribution is -2.39. The molecule has 1 heterocycles. The number of anilines is 1. The van der Waals surface area contributed by atoms with Crippen LogP contribution in [0.15, 0.2) is 83.8 Å². The van der Waals surface area contributed by atoms with E-state index in [0.717, 1.165) is 23.2 Å². The predicted octanol–water partition coefficient (Wildman–Crippen LogP) is 5.45. The summed E-state index contributed by atoms with van der Waals surface area (Å²) in [7, 11) is 0. The van der Waals surface area contributed by atoms with Gasteiger partial charge >= 0.3 is 0 Å². The van der Waals surface area contributed by atoms with Gasteiger partial charge in [0.15, 0.2) is 0 Å². The van der Waals surface area contributed by atoms with Crippen molar-refractivity contribution < 1.29 is 9.59 Å². The summed E-state index contributed by atoms with van der Waals surface area (Å²) in [6.07, 6.45) is 0.754. The van der Waals surface area contributed by atoms with Crippen molar-refractivity contribution in [2.45, 2.75) is 43.0 Å². The Hall–Kier alpha value is -3.05. The van der Waals surface area contributed by atoms with Crippen LogP contribution in [0.3, 0.4) is 0 Å². The molecule has 0 fully saturated rings. The van der Waals surface area contributed by atoms with E-state index in [2.05, 4.69) is 36.5 Å². The minimum atomic E-state index is -0.134. The van der Waals surface area contributed by atoms with E-state index in [4.69, 9.17) is 0 Å². The SMILES string of the molecule is CC(=O)Nc1cccc(C(C)N(Cc2ccccc2)C(=O)C2Cc3ccccc3S2)c1. The summed E-state index contributed by atoms with van der Waals surface area (Å²) in [5.74, 6) is 0.0321. The summed E-state index contributed by atoms with van der Waals surface area (Å²) in [6, 6.07) is 26.0. The number of carbonyl (C=O) groups excluding carboxylic acids is 2. The second-order valence-electron chi connectivity index (χ2n) is 7.85. The quantitative estimate of drug-likeness (QED) is 0.566. The minimum absolute atomic E-state index is 0.109. The number of nitrogens with one attached hydrogen (secondary N) is 1. The summed E-state index contributed by atoms with van der Waals surface area (Å²) in [4.78, 5) is 28.4. The van der Waals surface area contributed by atoms with Crippen molar-refractivity contribution in [2.24, 2.45) is 0 Å². The summed E-state index contributed by atoms with van der Waals surface area (Å²) >= 11 is 1.66. The first-order valence-corrected chi connectivity index (χ1v) is 11.4. The van der Waals surface area contributed by atoms with Gasteiger partial charge < -0.3 is 10.2 Å². The number of benzene rings is 3. The summed E-state index contributed by atoms with van der Waals surface area (Å²) in [6.45, 7) is 4.09. The topological polar surface area (TPSA) is 49.4 Å². The Bertz CT molecular complexity index is 1060. The number of fused-ring (bicyclic) bond motifs is 1. The van der Waals surface area contributed by atoms with Crippen molar-refractivity contribution in [3.05, 3.63) is 95.6 Å². The number of rotatable bonds is 6. The van der Waals surface area contributed by atoms with Gasteiger partial charge in [-0.25, -0.2) is 0 Å². The van der Waals surface area contributed by atoms with Crippen LogP contribution in [0.25, 0.3) is 0 Å². The van der Waals surface area contributed by atoms with E-state index in [9.17, 15) is 9.59 Å². The van der Waals surface area contributed by atoms with Crippen LogP contribution in [0.5, 0.6) is 0 Å². The molecule has 0 aliphatic carbocycles. The maximum atomic E-state index is 13.7. The van der Waals surface area contributed by atoms with Crippen molar-refractivity contribution in [3.8, 4) is 0 Å². The standard InChI is InChI=1S/C26H26N2O2S/c1-18(21-12-8-13-23(15-21)27-19(2)29)28(17-20-9-4-3-5-10-20)26(30)25-16-22-11-6-7-14-24(22)31-25/h3-15,18,25H,16-17H2,1-2H3,(H,27,29). The highest BCUT2D eigenvalue weighted by Gasteiger charge is 2.33. The molecule has 158 valence electrons. The zero-order valence-corrected chi connectivity index (χ0v) is 18.6. The Morgan fingerprint density at radius 1 is 1.03 bits per heavy atom. The molecule has 4 nitrogen and oxygen atoms in total. The largest absolute Gasteiger partial charge is 0.331 e. The third kappa shape index (κ3) is 5.00. The van der Waals surface area contributed by atoms with Crippen molar-refractivity contribution in [2.75, 3.05) is 5.32 Å². The van der Waals surface area contributed by atoms with E-state index in [1.54, 1.807) is 11.8 Å². The highest BCUT2D eigenvalue weighted by molar-refractivity contribution is 8.01. The molecule has 0 saturated heterocycles. The maximum Gasteiger partial charge on any atom is 0.237 e. The smallest absolute Gasteiger partial charge is 0.237 e. The van der Waals surface area contributed by atoms with Gasteiger partial charge in [-0.2, -0.15) is 0 Å². The van der Waals surface area contributed by atoms with Gasteiger partial charge in [-0.3, -0.25) is 9.59 Å². The molecule has 1 aliphatic rings. The lowest BCUT2D eigenvalue weighted by molar-refractivity contribution is -0.133. The molecule has 2 unspecified atom stereocenters. The van der Waals surface area contributed by atoms with Crippen LogP contribution < -0.4 is 5.32 Å². The van der Waals surface area contributed by atoms with Crippen LogP contribution in [0.1, 0.15) is 36.6 Å². The molecule has 0 bridgehead atoms. The molecule has 3 aromatic carbocycles. The first-order valence-electron chi connectivity index (χ1n) is 10.5. The van der Waals surface area contributed by atoms with Crippen molar-refractivity contribution in [3.63, 3.8) is 0 Å². The van der Waals surface area contributed by atoms with Gasteiger partial charge in [0.05, 0.1) is 11.3 Å². The predicted molar refractivity (Wildman–Crippen MR) is 126 cm³/mol. The molecule has 3 aromatic rings. The molecule has 2 atom stereocenters. The molecule has 1 N–H and O–H groups in total. The molecule has 0 radical (unpaired) electrons. The number of hydrogen-bond donors (Lipinski definition) is 1. The van der Waals surface area contributed by atoms with E-state index < -0.39 is 0 Å². The number of carbonyl (C=O) groups is 2. The van der Waals surface area contributed by atoms with Crippen LogP contribution in [0.4, 0.5) is 5.69 Å². The van der Waals surface area contributed by atoms with Gasteiger partial charge in [0, 0.05) is 24.1 Å². The minimum Gasteiger partial charge on any atom is -0.331 e. The Labute approximate surface area is 187 Å². The number of nitrogens with zero attached hydrogens (tertiary/aromatic N) is 1. The molecule has 0 spiro atoms. The number of hydrogen-bond acceptors (Lipinski definition) is 3. The van der Waals surface area contributed by atoms with Crippen molar-refractivity contribution in [1.82, 2.24) is 4.90 Å². The molecule has 5 heteroatoms. The Morgan fingerprint density at radius 2 is 1.77 bits per heavy atom. The highest BCUT2D eigenvalue weighted by atomic mass is 32.2. The van der Waals surface area contributed by atoms with Gasteiger partial charge in [-0.15, -0.1) is 11.8 Å². The highest BCUT2D eigenvalue weighted by Crippen LogP contribution is 2.39. The van der Waals surface area contributed by atoms with Crippen molar-refractivity contribution >= 4 is 29.3 Å². The fraction of sp³-hybridized carbons (Fsp3) is 0.231. The molecular weight excluding hydrogens is 404 g/mol. The maximum absolute atomic E-state index is 13.7. The Kier molecular flexibility index (Phi) is 6.42. The van der Waals surface area contributed by atoms with Crippen LogP contribution in [-0.4, -0.2) is 22.0 Å². The lowest BCUT2D eigenvalue weighted by atomic mass is 10.0. The van der Waals surface area contributed by atoms with Crippen LogP contribution in [0, 0.1) is 0 Å². The lowest BCUT2D eigenvalue weighted by Gasteiger charge is -2.32. The molecule has 31 heavy (non-hydrogen) atoms. The Morgan fingerprint density at radius 3 is 2.52 bits per heavy atom. The van der Waals surface area contributed by atoms with Gasteiger partial charge in [-0.05, 0) is 48.2 Å². The van der Waals surface area contributed by atoms with Crippen LogP contribution >= 0.6 is 11.8 Å². The number of amides is 2. The first-order chi connectivity index (χ1) is 15.0. The zero-order chi connectivity index (χ0) is 21.8. The molecule has 4 rings (SSSR count). The normalized spacial score (nSPS) is 15.7. The monoisotopic (exact) mass is 430 g/mol. The van der Waals surface area contributed by atoms with Gasteiger partial charge in [0.25, 0.3) is 0 Å². The summed E-state index contributed by atoms with van der Waals surface area (Å²) in [5.41, 5.74) is 4.08. The third-order valence-corrected chi connectivity index (χ3v) is 6.86. The molecule has 2 amide bonds. The van der Waals surface area contributed by atoms with Gasteiger partial charge in [-0.1, -0.05) is 60.7 Å². The number of thioether (sulfide) groups is 1. The average Bonchev–Trinajstić information content (AvgIpc) is 3.21. The fourth-order valence-electron chi connectivity index (χ4n) is 3.95. The zero-order valence-electron chi connectivity index (χ0n) is 17.7. The molecule has 0 saturated carbocycles. The summed E-state index contributed by atoms with van der Waals surface area (Å²) < 4.78 is 0. The van der Waals surface area contributed by atoms with E-state index >= 15 is 0 Å². The van der Waals surface area contributed by atoms with E-state index in [-0.39, 0.29) is 23.1 Å². The van der Waals surface area contributed by atoms with E-state index in [1.807, 2.05) is 59.5 Å². The van der Waals surface area contributed by atoms with Crippen LogP contribution in [-0.2, 0) is 22.6 Å². The van der Waals surface area contributed by atoms with E-state index in [1.165, 1.54) is 17.4 Å². The van der Waals surface area contributed by atoms with Gasteiger partial charge in [0.2, 0.25) is 11.8 Å². The third-order valence-electron chi connectivity index (χ3n) is 5.56. The fourth-order valence-corrected chi connectivity index (χ4v) is 5.22. The molecule has 1 aliphatic heterocycles. The second-order valence-corrected chi connectivity index (χ2v) is 9.10. The van der Waals surface area contributed by atoms with Gasteiger partial charge in [0.1, 0.15) is 0 Å². The van der Waals surface area contributed by atoms with Crippen molar-refractivity contribution in [1.29, 1.82) is 0 Å². The Balaban J connectivity index is 1.61. The molecular formula is C26H26N2O2S. The molecule has 0 aromatic heterocycles. The van der Waals surface area contributed by atoms with Crippen LogP contribution in [0.2, 0.25) is 0 Å². The summed E-state index contributed by atoms with van der Waals surface area (Å²) in [5, 5.41) is 2.72. The van der Waals surface area contributed by atoms with E-state index in [0.29, 0.717) is 6.54 Å². The first kappa shape index (κ1) is 21.2. The average molecular weight is 431 g/mol. The second kappa shape index (κ2) is 9.40.